The van der Waals surface area contributed by atoms with Crippen LogP contribution in [0.4, 0.5) is 4.39 Å². The summed E-state index contributed by atoms with van der Waals surface area (Å²) in [4.78, 5) is 23.6. The molecule has 0 spiro atoms. The van der Waals surface area contributed by atoms with Crippen molar-refractivity contribution in [2.75, 3.05) is 6.54 Å². The number of hydrogen-bond donors (Lipinski definition) is 2. The molecular formula is C17H21FN4O3. The normalized spacial score (nSPS) is 11.3. The zero-order valence-electron chi connectivity index (χ0n) is 14.2. The number of nitrogens with one attached hydrogen (secondary N) is 1. The molecule has 1 amide bonds. The molecule has 2 N–H and O–H groups in total. The number of carbonyl (C=O) groups is 2. The highest BCUT2D eigenvalue weighted by Crippen LogP contribution is 2.25. The predicted molar refractivity (Wildman–Crippen MR) is 88.5 cm³/mol. The second-order valence-corrected chi connectivity index (χ2v) is 5.91. The van der Waals surface area contributed by atoms with Gasteiger partial charge in [0.2, 0.25) is 0 Å². The molecule has 7 nitrogen and oxygen atoms in total. The molecule has 0 aliphatic rings. The summed E-state index contributed by atoms with van der Waals surface area (Å²) in [6, 6.07) is 6.06. The van der Waals surface area contributed by atoms with Gasteiger partial charge in [0.25, 0.3) is 5.91 Å². The molecule has 8 heteroatoms. The summed E-state index contributed by atoms with van der Waals surface area (Å²) in [7, 11) is 0. The molecule has 1 heterocycles. The maximum absolute atomic E-state index is 13.2. The monoisotopic (exact) mass is 348 g/mol. The molecule has 0 radical (unpaired) electrons. The van der Waals surface area contributed by atoms with Crippen molar-refractivity contribution in [2.45, 2.75) is 33.2 Å². The van der Waals surface area contributed by atoms with Gasteiger partial charge >= 0.3 is 5.97 Å². The third-order valence-electron chi connectivity index (χ3n) is 4.40. The van der Waals surface area contributed by atoms with E-state index >= 15 is 0 Å². The van der Waals surface area contributed by atoms with Crippen LogP contribution in [0.1, 0.15) is 42.7 Å². The fourth-order valence-electron chi connectivity index (χ4n) is 2.52. The molecule has 0 aliphatic carbocycles. The smallest absolute Gasteiger partial charge is 0.311 e. The van der Waals surface area contributed by atoms with E-state index in [1.54, 1.807) is 26.0 Å². The molecule has 0 saturated heterocycles. The number of nitrogens with zero attached hydrogens (tertiary/aromatic N) is 3. The van der Waals surface area contributed by atoms with Gasteiger partial charge in [-0.2, -0.15) is 0 Å². The van der Waals surface area contributed by atoms with Gasteiger partial charge in [-0.25, -0.2) is 9.07 Å². The highest BCUT2D eigenvalue weighted by molar-refractivity contribution is 5.92. The van der Waals surface area contributed by atoms with Crippen molar-refractivity contribution in [1.29, 1.82) is 0 Å². The first-order chi connectivity index (χ1) is 11.9. The van der Waals surface area contributed by atoms with Crippen molar-refractivity contribution in [3.05, 3.63) is 47.5 Å². The van der Waals surface area contributed by atoms with Gasteiger partial charge in [-0.15, -0.1) is 5.10 Å². The molecule has 134 valence electrons. The predicted octanol–water partition coefficient (Wildman–Crippen LogP) is 2.09. The van der Waals surface area contributed by atoms with Crippen molar-refractivity contribution in [3.8, 4) is 0 Å². The number of aromatic nitrogens is 3. The van der Waals surface area contributed by atoms with E-state index in [9.17, 15) is 19.1 Å². The van der Waals surface area contributed by atoms with Gasteiger partial charge in [0.15, 0.2) is 5.69 Å². The van der Waals surface area contributed by atoms with Gasteiger partial charge in [-0.3, -0.25) is 9.59 Å². The number of amides is 1. The molecule has 0 bridgehead atoms. The summed E-state index contributed by atoms with van der Waals surface area (Å²) in [6.07, 6.45) is 2.26. The third-order valence-corrected chi connectivity index (χ3v) is 4.40. The van der Waals surface area contributed by atoms with Crippen LogP contribution < -0.4 is 5.32 Å². The largest absolute Gasteiger partial charge is 0.481 e. The van der Waals surface area contributed by atoms with Gasteiger partial charge in [0.05, 0.1) is 18.2 Å². The third kappa shape index (κ3) is 4.40. The molecule has 0 unspecified atom stereocenters. The number of carbonyl (C=O) groups excluding carboxylic acids is 1. The average Bonchev–Trinajstić information content (AvgIpc) is 3.04. The Labute approximate surface area is 144 Å². The lowest BCUT2D eigenvalue weighted by atomic mass is 9.82. The fourth-order valence-corrected chi connectivity index (χ4v) is 2.52. The number of carboxylic acids is 1. The average molecular weight is 348 g/mol. The first kappa shape index (κ1) is 18.6. The first-order valence-electron chi connectivity index (χ1n) is 8.06. The van der Waals surface area contributed by atoms with Crippen LogP contribution in [-0.4, -0.2) is 38.5 Å². The van der Waals surface area contributed by atoms with E-state index in [-0.39, 0.29) is 24.6 Å². The van der Waals surface area contributed by atoms with Crippen LogP contribution in [0, 0.1) is 11.2 Å². The summed E-state index contributed by atoms with van der Waals surface area (Å²) < 4.78 is 14.6. The maximum atomic E-state index is 13.2. The number of benzene rings is 1. The molecular weight excluding hydrogens is 327 g/mol. The highest BCUT2D eigenvalue weighted by atomic mass is 19.1. The number of hydrogen-bond acceptors (Lipinski definition) is 4. The number of rotatable bonds is 8. The lowest BCUT2D eigenvalue weighted by molar-refractivity contribution is -0.149. The van der Waals surface area contributed by atoms with Crippen LogP contribution in [0.5, 0.6) is 0 Å². The molecule has 0 atom stereocenters. The van der Waals surface area contributed by atoms with Crippen molar-refractivity contribution >= 4 is 11.9 Å². The minimum Gasteiger partial charge on any atom is -0.481 e. The lowest BCUT2D eigenvalue weighted by Gasteiger charge is -2.26. The molecule has 0 fully saturated rings. The molecule has 0 aliphatic heterocycles. The zero-order valence-corrected chi connectivity index (χ0v) is 14.2. The van der Waals surface area contributed by atoms with Crippen LogP contribution in [-0.2, 0) is 11.3 Å². The Morgan fingerprint density at radius 3 is 2.64 bits per heavy atom. The van der Waals surface area contributed by atoms with E-state index in [1.807, 2.05) is 0 Å². The van der Waals surface area contributed by atoms with Gasteiger partial charge < -0.3 is 10.4 Å². The quantitative estimate of drug-likeness (QED) is 0.761. The minimum atomic E-state index is -0.993. The Bertz CT molecular complexity index is 756. The van der Waals surface area contributed by atoms with Crippen molar-refractivity contribution in [3.63, 3.8) is 0 Å². The van der Waals surface area contributed by atoms with Crippen LogP contribution >= 0.6 is 0 Å². The van der Waals surface area contributed by atoms with Crippen LogP contribution in [0.15, 0.2) is 30.5 Å². The van der Waals surface area contributed by atoms with Gasteiger partial charge in [-0.1, -0.05) is 31.2 Å². The minimum absolute atomic E-state index is 0.0188. The Hall–Kier alpha value is -2.77. The molecule has 25 heavy (non-hydrogen) atoms. The molecule has 2 rings (SSSR count). The van der Waals surface area contributed by atoms with E-state index in [4.69, 9.17) is 0 Å². The standard InChI is InChI=1S/C17H21FN4O3/c1-3-17(4-2,16(24)25)11-19-15(23)14-10-22(21-20-14)9-12-6-5-7-13(18)8-12/h5-8,10H,3-4,9,11H2,1-2H3,(H,19,23)(H,24,25). The van der Waals surface area contributed by atoms with Crippen LogP contribution in [0.2, 0.25) is 0 Å². The summed E-state index contributed by atoms with van der Waals surface area (Å²) in [5.41, 5.74) is -0.214. The van der Waals surface area contributed by atoms with E-state index in [0.29, 0.717) is 18.4 Å². The number of carboxylic acid groups (broad SMARTS) is 1. The second-order valence-electron chi connectivity index (χ2n) is 5.91. The summed E-state index contributed by atoms with van der Waals surface area (Å²) in [5, 5.41) is 19.6. The van der Waals surface area contributed by atoms with Gasteiger partial charge in [-0.05, 0) is 30.5 Å². The van der Waals surface area contributed by atoms with E-state index in [0.717, 1.165) is 0 Å². The summed E-state index contributed by atoms with van der Waals surface area (Å²) >= 11 is 0. The number of halogens is 1. The topological polar surface area (TPSA) is 97.1 Å². The van der Waals surface area contributed by atoms with Crippen molar-refractivity contribution in [2.24, 2.45) is 5.41 Å². The summed E-state index contributed by atoms with van der Waals surface area (Å²) in [6.45, 7) is 3.85. The van der Waals surface area contributed by atoms with E-state index < -0.39 is 17.3 Å². The SMILES string of the molecule is CCC(CC)(CNC(=O)c1cn(Cc2cccc(F)c2)nn1)C(=O)O. The van der Waals surface area contributed by atoms with Gasteiger partial charge in [0.1, 0.15) is 5.82 Å². The Balaban J connectivity index is 2.01. The Kier molecular flexibility index (Phi) is 5.84. The first-order valence-corrected chi connectivity index (χ1v) is 8.06. The summed E-state index contributed by atoms with van der Waals surface area (Å²) in [5.74, 6) is -1.77. The van der Waals surface area contributed by atoms with Gasteiger partial charge in [0, 0.05) is 6.54 Å². The zero-order chi connectivity index (χ0) is 18.4. The Morgan fingerprint density at radius 2 is 2.04 bits per heavy atom. The molecule has 0 saturated carbocycles. The molecule has 2 aromatic rings. The fraction of sp³-hybridized carbons (Fsp3) is 0.412. The lowest BCUT2D eigenvalue weighted by Crippen LogP contribution is -2.42. The van der Waals surface area contributed by atoms with Crippen LogP contribution in [0.3, 0.4) is 0 Å². The van der Waals surface area contributed by atoms with Crippen molar-refractivity contribution < 1.29 is 19.1 Å². The van der Waals surface area contributed by atoms with E-state index in [1.165, 1.54) is 23.0 Å². The molecule has 1 aromatic carbocycles. The van der Waals surface area contributed by atoms with Crippen LogP contribution in [0.25, 0.3) is 0 Å². The second kappa shape index (κ2) is 7.87. The van der Waals surface area contributed by atoms with Crippen molar-refractivity contribution in [1.82, 2.24) is 20.3 Å². The van der Waals surface area contributed by atoms with E-state index in [2.05, 4.69) is 15.6 Å². The maximum Gasteiger partial charge on any atom is 0.311 e. The molecule has 1 aromatic heterocycles. The number of aliphatic carboxylic acids is 1. The highest BCUT2D eigenvalue weighted by Gasteiger charge is 2.35. The Morgan fingerprint density at radius 1 is 1.32 bits per heavy atom.